The van der Waals surface area contributed by atoms with E-state index in [-0.39, 0.29) is 5.69 Å². The van der Waals surface area contributed by atoms with E-state index in [1.165, 1.54) is 11.3 Å². The summed E-state index contributed by atoms with van der Waals surface area (Å²) >= 11 is 0. The number of primary amides is 1. The summed E-state index contributed by atoms with van der Waals surface area (Å²) in [6.07, 6.45) is 2.46. The molecular weight excluding hydrogens is 374 g/mol. The third kappa shape index (κ3) is 4.78. The minimum atomic E-state index is -0.544. The molecule has 0 spiro atoms. The van der Waals surface area contributed by atoms with Crippen molar-refractivity contribution in [3.8, 4) is 0 Å². The number of anilines is 3. The van der Waals surface area contributed by atoms with Crippen molar-refractivity contribution in [1.82, 2.24) is 9.88 Å². The molecular formula is C24H27N5O. The lowest BCUT2D eigenvalue weighted by molar-refractivity contribution is 0.0996. The van der Waals surface area contributed by atoms with Crippen LogP contribution >= 0.6 is 0 Å². The molecule has 0 saturated carbocycles. The van der Waals surface area contributed by atoms with Gasteiger partial charge in [0.1, 0.15) is 0 Å². The number of nitrogens with zero attached hydrogens (tertiary/aromatic N) is 3. The molecule has 4 rings (SSSR count). The first-order valence-corrected chi connectivity index (χ1v) is 10.2. The summed E-state index contributed by atoms with van der Waals surface area (Å²) in [5.41, 5.74) is 10.7. The number of likely N-dealkylation sites (N-methyl/N-ethyl adjacent to an activating group) is 1. The van der Waals surface area contributed by atoms with E-state index in [1.807, 2.05) is 36.4 Å². The fourth-order valence-electron chi connectivity index (χ4n) is 3.70. The van der Waals surface area contributed by atoms with Crippen LogP contribution in [0.3, 0.4) is 0 Å². The third-order valence-electron chi connectivity index (χ3n) is 5.44. The first-order valence-electron chi connectivity index (χ1n) is 10.2. The van der Waals surface area contributed by atoms with Crippen LogP contribution in [0.15, 0.2) is 66.9 Å². The van der Waals surface area contributed by atoms with Gasteiger partial charge in [0, 0.05) is 43.8 Å². The van der Waals surface area contributed by atoms with Gasteiger partial charge in [-0.25, -0.2) is 4.98 Å². The van der Waals surface area contributed by atoms with E-state index in [9.17, 15) is 4.79 Å². The monoisotopic (exact) mass is 401 g/mol. The van der Waals surface area contributed by atoms with Crippen LogP contribution < -0.4 is 16.0 Å². The molecule has 6 heteroatoms. The molecule has 1 aliphatic heterocycles. The highest BCUT2D eigenvalue weighted by Crippen LogP contribution is 2.25. The molecule has 2 aromatic carbocycles. The number of piperazine rings is 1. The lowest BCUT2D eigenvalue weighted by Gasteiger charge is -2.34. The Kier molecular flexibility index (Phi) is 5.95. The Balaban J connectivity index is 1.52. The zero-order chi connectivity index (χ0) is 20.9. The van der Waals surface area contributed by atoms with Gasteiger partial charge in [0.05, 0.1) is 5.69 Å². The molecule has 0 atom stereocenters. The SMILES string of the molecule is CN1CCN(c2ccc(Nc3cc(Cc4ccccc4)cnc3C(N)=O)cc2)CC1. The van der Waals surface area contributed by atoms with Gasteiger partial charge in [-0.05, 0) is 54.9 Å². The molecule has 0 radical (unpaired) electrons. The number of hydrogen-bond acceptors (Lipinski definition) is 5. The van der Waals surface area contributed by atoms with Gasteiger partial charge in [-0.3, -0.25) is 4.79 Å². The maximum Gasteiger partial charge on any atom is 0.269 e. The van der Waals surface area contributed by atoms with Crippen LogP contribution in [-0.4, -0.2) is 49.0 Å². The number of amides is 1. The van der Waals surface area contributed by atoms with Crippen LogP contribution in [0, 0.1) is 0 Å². The Hall–Kier alpha value is -3.38. The lowest BCUT2D eigenvalue weighted by Crippen LogP contribution is -2.44. The van der Waals surface area contributed by atoms with Crippen molar-refractivity contribution in [1.29, 1.82) is 0 Å². The largest absolute Gasteiger partial charge is 0.369 e. The van der Waals surface area contributed by atoms with Crippen molar-refractivity contribution in [2.75, 3.05) is 43.4 Å². The topological polar surface area (TPSA) is 74.5 Å². The minimum Gasteiger partial charge on any atom is -0.369 e. The Bertz CT molecular complexity index is 996. The second kappa shape index (κ2) is 8.97. The summed E-state index contributed by atoms with van der Waals surface area (Å²) in [5.74, 6) is -0.544. The number of nitrogens with one attached hydrogen (secondary N) is 1. The number of aromatic nitrogens is 1. The van der Waals surface area contributed by atoms with Gasteiger partial charge in [-0.1, -0.05) is 30.3 Å². The molecule has 0 aliphatic carbocycles. The second-order valence-electron chi connectivity index (χ2n) is 7.73. The van der Waals surface area contributed by atoms with Gasteiger partial charge >= 0.3 is 0 Å². The Labute approximate surface area is 177 Å². The first-order chi connectivity index (χ1) is 14.6. The molecule has 1 aromatic heterocycles. The van der Waals surface area contributed by atoms with Crippen molar-refractivity contribution >= 4 is 23.0 Å². The fraction of sp³-hybridized carbons (Fsp3) is 0.250. The van der Waals surface area contributed by atoms with E-state index in [1.54, 1.807) is 6.20 Å². The predicted molar refractivity (Wildman–Crippen MR) is 121 cm³/mol. The normalized spacial score (nSPS) is 14.5. The van der Waals surface area contributed by atoms with Crippen molar-refractivity contribution < 1.29 is 4.79 Å². The smallest absolute Gasteiger partial charge is 0.269 e. The van der Waals surface area contributed by atoms with Gasteiger partial charge < -0.3 is 20.9 Å². The fourth-order valence-corrected chi connectivity index (χ4v) is 3.70. The standard InChI is InChI=1S/C24H27N5O/c1-28-11-13-29(14-12-28)21-9-7-20(8-10-21)27-22-16-19(17-26-23(22)24(25)30)15-18-5-3-2-4-6-18/h2-10,16-17,27H,11-15H2,1H3,(H2,25,30). The molecule has 1 aliphatic rings. The average molecular weight is 402 g/mol. The van der Waals surface area contributed by atoms with Gasteiger partial charge in [-0.15, -0.1) is 0 Å². The summed E-state index contributed by atoms with van der Waals surface area (Å²) in [5, 5.41) is 3.33. The summed E-state index contributed by atoms with van der Waals surface area (Å²) in [7, 11) is 2.15. The molecule has 1 saturated heterocycles. The van der Waals surface area contributed by atoms with Gasteiger partial charge in [-0.2, -0.15) is 0 Å². The highest BCUT2D eigenvalue weighted by atomic mass is 16.1. The number of pyridine rings is 1. The van der Waals surface area contributed by atoms with Crippen LogP contribution in [-0.2, 0) is 6.42 Å². The van der Waals surface area contributed by atoms with E-state index >= 15 is 0 Å². The molecule has 3 aromatic rings. The molecule has 0 unspecified atom stereocenters. The maximum atomic E-state index is 11.9. The summed E-state index contributed by atoms with van der Waals surface area (Å²) in [6.45, 7) is 4.20. The summed E-state index contributed by atoms with van der Waals surface area (Å²) in [4.78, 5) is 20.9. The van der Waals surface area contributed by atoms with Crippen LogP contribution in [0.1, 0.15) is 21.6 Å². The van der Waals surface area contributed by atoms with Crippen molar-refractivity contribution in [3.63, 3.8) is 0 Å². The lowest BCUT2D eigenvalue weighted by atomic mass is 10.1. The molecule has 1 fully saturated rings. The second-order valence-corrected chi connectivity index (χ2v) is 7.73. The number of rotatable bonds is 6. The third-order valence-corrected chi connectivity index (χ3v) is 5.44. The highest BCUT2D eigenvalue weighted by molar-refractivity contribution is 5.97. The molecule has 0 bridgehead atoms. The number of benzene rings is 2. The number of carbonyl (C=O) groups excluding carboxylic acids is 1. The quantitative estimate of drug-likeness (QED) is 0.663. The predicted octanol–water partition coefficient (Wildman–Crippen LogP) is 3.27. The zero-order valence-electron chi connectivity index (χ0n) is 17.2. The molecule has 2 heterocycles. The van der Waals surface area contributed by atoms with E-state index in [0.717, 1.165) is 43.9 Å². The zero-order valence-corrected chi connectivity index (χ0v) is 17.2. The minimum absolute atomic E-state index is 0.245. The van der Waals surface area contributed by atoms with Gasteiger partial charge in [0.15, 0.2) is 5.69 Å². The Morgan fingerprint density at radius 3 is 2.37 bits per heavy atom. The number of nitrogens with two attached hydrogens (primary N) is 1. The van der Waals surface area contributed by atoms with E-state index < -0.39 is 5.91 Å². The van der Waals surface area contributed by atoms with Crippen LogP contribution in [0.4, 0.5) is 17.1 Å². The molecule has 30 heavy (non-hydrogen) atoms. The summed E-state index contributed by atoms with van der Waals surface area (Å²) < 4.78 is 0. The Morgan fingerprint density at radius 2 is 1.70 bits per heavy atom. The van der Waals surface area contributed by atoms with Crippen LogP contribution in [0.2, 0.25) is 0 Å². The maximum absolute atomic E-state index is 11.9. The molecule has 6 nitrogen and oxygen atoms in total. The Morgan fingerprint density at radius 1 is 1.00 bits per heavy atom. The number of carbonyl (C=O) groups is 1. The molecule has 3 N–H and O–H groups in total. The van der Waals surface area contributed by atoms with E-state index in [0.29, 0.717) is 5.69 Å². The molecule has 1 amide bonds. The van der Waals surface area contributed by atoms with Gasteiger partial charge in [0.25, 0.3) is 5.91 Å². The van der Waals surface area contributed by atoms with Gasteiger partial charge in [0.2, 0.25) is 0 Å². The van der Waals surface area contributed by atoms with Crippen LogP contribution in [0.5, 0.6) is 0 Å². The van der Waals surface area contributed by atoms with Crippen molar-refractivity contribution in [2.24, 2.45) is 5.73 Å². The van der Waals surface area contributed by atoms with Crippen molar-refractivity contribution in [2.45, 2.75) is 6.42 Å². The summed E-state index contributed by atoms with van der Waals surface area (Å²) in [6, 6.07) is 20.4. The van der Waals surface area contributed by atoms with E-state index in [2.05, 4.69) is 51.4 Å². The first kappa shape index (κ1) is 19.9. The molecule has 154 valence electrons. The van der Waals surface area contributed by atoms with Crippen LogP contribution in [0.25, 0.3) is 0 Å². The van der Waals surface area contributed by atoms with E-state index in [4.69, 9.17) is 5.73 Å². The average Bonchev–Trinajstić information content (AvgIpc) is 2.76. The number of hydrogen-bond donors (Lipinski definition) is 2. The van der Waals surface area contributed by atoms with Crippen molar-refractivity contribution in [3.05, 3.63) is 83.7 Å². The highest BCUT2D eigenvalue weighted by Gasteiger charge is 2.15.